The van der Waals surface area contributed by atoms with Crippen LogP contribution in [0.4, 0.5) is 16.2 Å². The number of nitrogens with one attached hydrogen (secondary N) is 1. The molecule has 0 saturated heterocycles. The van der Waals surface area contributed by atoms with Gasteiger partial charge in [0.1, 0.15) is 0 Å². The van der Waals surface area contributed by atoms with Gasteiger partial charge in [-0.15, -0.1) is 0 Å². The average Bonchev–Trinajstić information content (AvgIpc) is 2.43. The molecule has 0 aliphatic carbocycles. The van der Waals surface area contributed by atoms with Crippen LogP contribution in [-0.4, -0.2) is 12.6 Å². The summed E-state index contributed by atoms with van der Waals surface area (Å²) in [5.41, 5.74) is 1.70. The number of nitrogens with zero attached hydrogens (tertiary/aromatic N) is 1. The number of carbonyl (C=O) groups is 1. The molecule has 2 amide bonds. The molecule has 2 aromatic carbocycles. The Bertz CT molecular complexity index is 540. The molecule has 0 atom stereocenters. The number of anilines is 2. The van der Waals surface area contributed by atoms with Gasteiger partial charge in [-0.25, -0.2) is 4.79 Å². The molecule has 0 aromatic heterocycles. The molecule has 98 valence electrons. The molecule has 0 radical (unpaired) electrons. The maximum absolute atomic E-state index is 12.2. The van der Waals surface area contributed by atoms with Crippen molar-refractivity contribution >= 4 is 40.0 Å². The van der Waals surface area contributed by atoms with Crippen molar-refractivity contribution in [1.29, 1.82) is 0 Å². The van der Waals surface area contributed by atoms with Crippen LogP contribution in [0.5, 0.6) is 0 Å². The van der Waals surface area contributed by atoms with Crippen LogP contribution in [0.15, 0.2) is 54.6 Å². The van der Waals surface area contributed by atoms with Crippen LogP contribution in [0.25, 0.3) is 0 Å². The minimum absolute atomic E-state index is 0.116. The second-order valence-corrected chi connectivity index (χ2v) is 5.26. The summed E-state index contributed by atoms with van der Waals surface area (Å²) in [6.07, 6.45) is 0. The number of benzene rings is 2. The lowest BCUT2D eigenvalue weighted by molar-refractivity contribution is 0.257. The number of halogens is 1. The number of urea groups is 1. The Morgan fingerprint density at radius 1 is 1.11 bits per heavy atom. The summed E-state index contributed by atoms with van der Waals surface area (Å²) in [5.74, 6) is 0. The van der Waals surface area contributed by atoms with E-state index in [1.807, 2.05) is 61.5 Å². The Morgan fingerprint density at radius 2 is 1.74 bits per heavy atom. The first kappa shape index (κ1) is 13.9. The van der Waals surface area contributed by atoms with Crippen LogP contribution >= 0.6 is 22.6 Å². The minimum Gasteiger partial charge on any atom is -0.308 e. The second kappa shape index (κ2) is 6.56. The SMILES string of the molecule is CCN(C(=O)Nc1ccc(I)cc1)c1ccccc1. The fourth-order valence-corrected chi connectivity index (χ4v) is 2.14. The second-order valence-electron chi connectivity index (χ2n) is 4.02. The van der Waals surface area contributed by atoms with Crippen molar-refractivity contribution in [1.82, 2.24) is 0 Å². The number of carbonyl (C=O) groups excluding carboxylic acids is 1. The van der Waals surface area contributed by atoms with Gasteiger partial charge in [0.15, 0.2) is 0 Å². The van der Waals surface area contributed by atoms with Gasteiger partial charge in [0, 0.05) is 21.5 Å². The van der Waals surface area contributed by atoms with E-state index in [2.05, 4.69) is 27.9 Å². The summed E-state index contributed by atoms with van der Waals surface area (Å²) >= 11 is 2.24. The molecule has 2 aromatic rings. The van der Waals surface area contributed by atoms with Crippen molar-refractivity contribution in [3.63, 3.8) is 0 Å². The Hall–Kier alpha value is -1.56. The molecule has 0 aliphatic heterocycles. The summed E-state index contributed by atoms with van der Waals surface area (Å²) in [6, 6.07) is 17.3. The van der Waals surface area contributed by atoms with Crippen LogP contribution in [0.2, 0.25) is 0 Å². The van der Waals surface area contributed by atoms with Crippen molar-refractivity contribution in [2.24, 2.45) is 0 Å². The fourth-order valence-electron chi connectivity index (χ4n) is 1.78. The van der Waals surface area contributed by atoms with Gasteiger partial charge < -0.3 is 5.32 Å². The first-order valence-electron chi connectivity index (χ1n) is 6.10. The lowest BCUT2D eigenvalue weighted by atomic mass is 10.3. The maximum Gasteiger partial charge on any atom is 0.326 e. The van der Waals surface area contributed by atoms with Crippen LogP contribution in [0.3, 0.4) is 0 Å². The third-order valence-corrected chi connectivity index (χ3v) is 3.44. The Labute approximate surface area is 126 Å². The number of amides is 2. The van der Waals surface area contributed by atoms with Crippen LogP contribution in [0, 0.1) is 3.57 Å². The zero-order chi connectivity index (χ0) is 13.7. The summed E-state index contributed by atoms with van der Waals surface area (Å²) in [5, 5.41) is 2.90. The van der Waals surface area contributed by atoms with Crippen molar-refractivity contribution in [2.75, 3.05) is 16.8 Å². The topological polar surface area (TPSA) is 32.3 Å². The standard InChI is InChI=1S/C15H15IN2O/c1-2-18(14-6-4-3-5-7-14)15(19)17-13-10-8-12(16)9-11-13/h3-11H,2H2,1H3,(H,17,19). The highest BCUT2D eigenvalue weighted by Gasteiger charge is 2.13. The molecule has 0 heterocycles. The van der Waals surface area contributed by atoms with E-state index in [1.54, 1.807) is 4.90 Å². The molecule has 2 rings (SSSR count). The summed E-state index contributed by atoms with van der Waals surface area (Å²) in [6.45, 7) is 2.58. The molecule has 19 heavy (non-hydrogen) atoms. The van der Waals surface area contributed by atoms with E-state index in [0.29, 0.717) is 6.54 Å². The molecule has 4 heteroatoms. The van der Waals surface area contributed by atoms with Crippen LogP contribution in [-0.2, 0) is 0 Å². The van der Waals surface area contributed by atoms with E-state index in [0.717, 1.165) is 14.9 Å². The number of para-hydroxylation sites is 1. The van der Waals surface area contributed by atoms with Gasteiger partial charge in [0.25, 0.3) is 0 Å². The first-order valence-corrected chi connectivity index (χ1v) is 7.17. The van der Waals surface area contributed by atoms with E-state index < -0.39 is 0 Å². The predicted octanol–water partition coefficient (Wildman–Crippen LogP) is 4.35. The maximum atomic E-state index is 12.2. The molecular weight excluding hydrogens is 351 g/mol. The molecule has 0 bridgehead atoms. The molecule has 0 aliphatic rings. The normalized spacial score (nSPS) is 10.0. The van der Waals surface area contributed by atoms with Crippen molar-refractivity contribution in [2.45, 2.75) is 6.92 Å². The van der Waals surface area contributed by atoms with E-state index >= 15 is 0 Å². The molecule has 0 spiro atoms. The zero-order valence-electron chi connectivity index (χ0n) is 10.6. The highest BCUT2D eigenvalue weighted by atomic mass is 127. The summed E-state index contributed by atoms with van der Waals surface area (Å²) in [4.78, 5) is 13.9. The minimum atomic E-state index is -0.116. The number of hydrogen-bond donors (Lipinski definition) is 1. The Morgan fingerprint density at radius 3 is 2.32 bits per heavy atom. The smallest absolute Gasteiger partial charge is 0.308 e. The molecule has 3 nitrogen and oxygen atoms in total. The summed E-state index contributed by atoms with van der Waals surface area (Å²) in [7, 11) is 0. The monoisotopic (exact) mass is 366 g/mol. The molecule has 0 fully saturated rings. The van der Waals surface area contributed by atoms with Gasteiger partial charge in [-0.1, -0.05) is 18.2 Å². The van der Waals surface area contributed by atoms with Gasteiger partial charge >= 0.3 is 6.03 Å². The van der Waals surface area contributed by atoms with Crippen molar-refractivity contribution < 1.29 is 4.79 Å². The van der Waals surface area contributed by atoms with Crippen LogP contribution < -0.4 is 10.2 Å². The lowest BCUT2D eigenvalue weighted by Crippen LogP contribution is -2.34. The Balaban J connectivity index is 2.11. The van der Waals surface area contributed by atoms with E-state index in [9.17, 15) is 4.79 Å². The third-order valence-electron chi connectivity index (χ3n) is 2.72. The molecule has 0 saturated carbocycles. The molecular formula is C15H15IN2O. The van der Waals surface area contributed by atoms with Crippen LogP contribution in [0.1, 0.15) is 6.92 Å². The highest BCUT2D eigenvalue weighted by Crippen LogP contribution is 2.16. The predicted molar refractivity (Wildman–Crippen MR) is 87.6 cm³/mol. The van der Waals surface area contributed by atoms with Gasteiger partial charge in [0.05, 0.1) is 0 Å². The van der Waals surface area contributed by atoms with Gasteiger partial charge in [0.2, 0.25) is 0 Å². The largest absolute Gasteiger partial charge is 0.326 e. The third kappa shape index (κ3) is 3.70. The van der Waals surface area contributed by atoms with Crippen molar-refractivity contribution in [3.8, 4) is 0 Å². The van der Waals surface area contributed by atoms with Crippen molar-refractivity contribution in [3.05, 3.63) is 58.2 Å². The number of rotatable bonds is 3. The molecule has 1 N–H and O–H groups in total. The highest BCUT2D eigenvalue weighted by molar-refractivity contribution is 14.1. The lowest BCUT2D eigenvalue weighted by Gasteiger charge is -2.21. The first-order chi connectivity index (χ1) is 9.20. The molecule has 0 unspecified atom stereocenters. The van der Waals surface area contributed by atoms with E-state index in [4.69, 9.17) is 0 Å². The zero-order valence-corrected chi connectivity index (χ0v) is 12.8. The Kier molecular flexibility index (Phi) is 4.79. The quantitative estimate of drug-likeness (QED) is 0.805. The fraction of sp³-hybridized carbons (Fsp3) is 0.133. The van der Waals surface area contributed by atoms with Gasteiger partial charge in [-0.2, -0.15) is 0 Å². The van der Waals surface area contributed by atoms with Gasteiger partial charge in [-0.3, -0.25) is 4.90 Å². The van der Waals surface area contributed by atoms with E-state index in [1.165, 1.54) is 0 Å². The van der Waals surface area contributed by atoms with E-state index in [-0.39, 0.29) is 6.03 Å². The number of hydrogen-bond acceptors (Lipinski definition) is 1. The van der Waals surface area contributed by atoms with Gasteiger partial charge in [-0.05, 0) is 65.9 Å². The summed E-state index contributed by atoms with van der Waals surface area (Å²) < 4.78 is 1.14. The average molecular weight is 366 g/mol.